The van der Waals surface area contributed by atoms with Crippen molar-refractivity contribution in [1.82, 2.24) is 20.3 Å². The topological polar surface area (TPSA) is 132 Å². The Hall–Kier alpha value is -2.72. The molecule has 150 valence electrons. The largest absolute Gasteiger partial charge is 0.464 e. The summed E-state index contributed by atoms with van der Waals surface area (Å²) >= 11 is 6.09. The van der Waals surface area contributed by atoms with E-state index < -0.39 is 42.2 Å². The lowest BCUT2D eigenvalue weighted by Gasteiger charge is -2.24. The second kappa shape index (κ2) is 8.11. The number of aromatic amines is 1. The van der Waals surface area contributed by atoms with Crippen molar-refractivity contribution in [2.24, 2.45) is 0 Å². The smallest absolute Gasteiger partial charge is 0.303 e. The lowest BCUT2D eigenvalue weighted by molar-refractivity contribution is -0.165. The molecule has 1 aliphatic rings. The first-order valence-corrected chi connectivity index (χ1v) is 8.87. The highest BCUT2D eigenvalue weighted by molar-refractivity contribution is 6.33. The number of nitrogens with one attached hydrogen (secondary N) is 2. The van der Waals surface area contributed by atoms with Gasteiger partial charge in [-0.15, -0.1) is 0 Å². The summed E-state index contributed by atoms with van der Waals surface area (Å²) < 4.78 is 15.9. The number of aromatic nitrogens is 3. The minimum atomic E-state index is -0.868. The predicted octanol–water partition coefficient (Wildman–Crippen LogP) is 1.05. The Labute approximate surface area is 164 Å². The van der Waals surface area contributed by atoms with Gasteiger partial charge in [0, 0.05) is 32.5 Å². The molecule has 0 bridgehead atoms. The molecule has 0 radical (unpaired) electrons. The minimum absolute atomic E-state index is 0.0698. The number of hydrogen-bond acceptors (Lipinski definition) is 9. The zero-order valence-corrected chi connectivity index (χ0v) is 16.1. The van der Waals surface area contributed by atoms with Gasteiger partial charge < -0.3 is 19.2 Å². The average molecular weight is 411 g/mol. The number of nitrogens with zero attached hydrogens (tertiary/aromatic N) is 2. The fraction of sp³-hybridized carbons (Fsp3) is 0.471. The summed E-state index contributed by atoms with van der Waals surface area (Å²) in [5.41, 5.74) is 1.70. The van der Waals surface area contributed by atoms with Crippen molar-refractivity contribution in [2.45, 2.75) is 45.1 Å². The molecule has 2 N–H and O–H groups in total. The van der Waals surface area contributed by atoms with Crippen molar-refractivity contribution in [2.75, 3.05) is 6.61 Å². The van der Waals surface area contributed by atoms with Crippen molar-refractivity contribution >= 4 is 40.5 Å². The Balaban J connectivity index is 2.01. The maximum absolute atomic E-state index is 11.7. The van der Waals surface area contributed by atoms with Crippen LogP contribution in [0.4, 0.5) is 0 Å². The first-order chi connectivity index (χ1) is 13.3. The van der Waals surface area contributed by atoms with Gasteiger partial charge in [-0.25, -0.2) is 9.97 Å². The normalized spacial score (nSPS) is 24.1. The standard InChI is InChI=1S/C17H19ClN4O6/c1-7(23)26-5-11-15(27-8(2)24)16(28-9(3)25)13(22-11)10-4-19-14-12(10)20-6-21-17(14)18/h4,6,11,13,15-16,19,22H,5H2,1-3H3/t11-,13+,15+,16+/m1/s1. The number of esters is 3. The summed E-state index contributed by atoms with van der Waals surface area (Å²) in [6.45, 7) is 3.71. The van der Waals surface area contributed by atoms with Crippen LogP contribution in [0, 0.1) is 0 Å². The van der Waals surface area contributed by atoms with Gasteiger partial charge in [0.1, 0.15) is 18.5 Å². The molecule has 1 saturated heterocycles. The van der Waals surface area contributed by atoms with Crippen LogP contribution in [0.1, 0.15) is 32.4 Å². The van der Waals surface area contributed by atoms with Crippen molar-refractivity contribution in [3.8, 4) is 0 Å². The number of ether oxygens (including phenoxy) is 3. The molecular weight excluding hydrogens is 392 g/mol. The fourth-order valence-corrected chi connectivity index (χ4v) is 3.48. The Morgan fingerprint density at radius 1 is 1.07 bits per heavy atom. The van der Waals surface area contributed by atoms with Gasteiger partial charge in [0.15, 0.2) is 17.4 Å². The van der Waals surface area contributed by atoms with Crippen molar-refractivity contribution in [3.05, 3.63) is 23.2 Å². The number of hydrogen-bond donors (Lipinski definition) is 2. The fourth-order valence-electron chi connectivity index (χ4n) is 3.29. The molecule has 0 aromatic carbocycles. The highest BCUT2D eigenvalue weighted by Crippen LogP contribution is 2.36. The van der Waals surface area contributed by atoms with Crippen LogP contribution >= 0.6 is 11.6 Å². The van der Waals surface area contributed by atoms with Gasteiger partial charge in [0.05, 0.1) is 17.6 Å². The van der Waals surface area contributed by atoms with E-state index in [4.69, 9.17) is 25.8 Å². The van der Waals surface area contributed by atoms with Gasteiger partial charge in [-0.05, 0) is 0 Å². The molecule has 2 aromatic rings. The molecule has 28 heavy (non-hydrogen) atoms. The zero-order chi connectivity index (χ0) is 20.4. The van der Waals surface area contributed by atoms with E-state index in [1.807, 2.05) is 0 Å². The summed E-state index contributed by atoms with van der Waals surface area (Å²) in [6, 6.07) is -1.18. The molecule has 10 nitrogen and oxygen atoms in total. The monoisotopic (exact) mass is 410 g/mol. The van der Waals surface area contributed by atoms with E-state index in [2.05, 4.69) is 20.3 Å². The van der Waals surface area contributed by atoms with Crippen LogP contribution in [0.3, 0.4) is 0 Å². The van der Waals surface area contributed by atoms with Crippen LogP contribution in [0.15, 0.2) is 12.5 Å². The number of carbonyl (C=O) groups is 3. The lowest BCUT2D eigenvalue weighted by Crippen LogP contribution is -2.41. The summed E-state index contributed by atoms with van der Waals surface area (Å²) in [5, 5.41) is 3.46. The van der Waals surface area contributed by atoms with Crippen LogP contribution < -0.4 is 5.32 Å². The lowest BCUT2D eigenvalue weighted by atomic mass is 10.0. The number of halogens is 1. The van der Waals surface area contributed by atoms with E-state index in [-0.39, 0.29) is 11.8 Å². The van der Waals surface area contributed by atoms with E-state index in [9.17, 15) is 14.4 Å². The Kier molecular flexibility index (Phi) is 5.80. The number of fused-ring (bicyclic) bond motifs is 1. The average Bonchev–Trinajstić information content (AvgIpc) is 3.16. The third-order valence-corrected chi connectivity index (χ3v) is 4.58. The summed E-state index contributed by atoms with van der Waals surface area (Å²) in [5.74, 6) is -1.58. The molecule has 4 atom stereocenters. The molecule has 0 aliphatic carbocycles. The molecule has 0 amide bonds. The molecule has 1 aliphatic heterocycles. The highest BCUT2D eigenvalue weighted by Gasteiger charge is 2.49. The van der Waals surface area contributed by atoms with E-state index in [0.29, 0.717) is 16.6 Å². The highest BCUT2D eigenvalue weighted by atomic mass is 35.5. The van der Waals surface area contributed by atoms with Gasteiger partial charge in [-0.3, -0.25) is 19.7 Å². The van der Waals surface area contributed by atoms with E-state index in [0.717, 1.165) is 0 Å². The molecule has 0 unspecified atom stereocenters. The van der Waals surface area contributed by atoms with Crippen LogP contribution in [0.5, 0.6) is 0 Å². The van der Waals surface area contributed by atoms with Crippen LogP contribution in [0.25, 0.3) is 11.0 Å². The van der Waals surface area contributed by atoms with E-state index in [1.165, 1.54) is 27.1 Å². The van der Waals surface area contributed by atoms with Crippen LogP contribution in [-0.2, 0) is 28.6 Å². The Bertz CT molecular complexity index is 916. The van der Waals surface area contributed by atoms with Crippen LogP contribution in [0.2, 0.25) is 5.15 Å². The van der Waals surface area contributed by atoms with Gasteiger partial charge in [-0.2, -0.15) is 0 Å². The second-order valence-electron chi connectivity index (χ2n) is 6.33. The number of carbonyl (C=O) groups excluding carboxylic acids is 3. The van der Waals surface area contributed by atoms with Crippen molar-refractivity contribution in [1.29, 1.82) is 0 Å². The number of H-pyrrole nitrogens is 1. The zero-order valence-electron chi connectivity index (χ0n) is 15.4. The van der Waals surface area contributed by atoms with Gasteiger partial charge in [-0.1, -0.05) is 11.6 Å². The maximum atomic E-state index is 11.7. The third-order valence-electron chi connectivity index (χ3n) is 4.29. The molecule has 3 rings (SSSR count). The Morgan fingerprint density at radius 2 is 1.75 bits per heavy atom. The summed E-state index contributed by atoms with van der Waals surface area (Å²) in [4.78, 5) is 45.7. The van der Waals surface area contributed by atoms with E-state index in [1.54, 1.807) is 6.20 Å². The third kappa shape index (κ3) is 4.07. The van der Waals surface area contributed by atoms with Crippen LogP contribution in [-0.4, -0.2) is 57.7 Å². The molecule has 3 heterocycles. The molecule has 1 fully saturated rings. The maximum Gasteiger partial charge on any atom is 0.303 e. The minimum Gasteiger partial charge on any atom is -0.464 e. The summed E-state index contributed by atoms with van der Waals surface area (Å²) in [6.07, 6.45) is 1.25. The molecule has 11 heteroatoms. The van der Waals surface area contributed by atoms with Gasteiger partial charge >= 0.3 is 17.9 Å². The SMILES string of the molecule is CC(=O)OC[C@H]1N[C@@H](c2c[nH]c3c(Cl)ncnc23)[C@H](OC(C)=O)[C@H]1OC(C)=O. The second-order valence-corrected chi connectivity index (χ2v) is 6.69. The van der Waals surface area contributed by atoms with Gasteiger partial charge in [0.2, 0.25) is 0 Å². The molecule has 0 spiro atoms. The van der Waals surface area contributed by atoms with Gasteiger partial charge in [0.25, 0.3) is 0 Å². The predicted molar refractivity (Wildman–Crippen MR) is 96.3 cm³/mol. The van der Waals surface area contributed by atoms with Crippen molar-refractivity contribution < 1.29 is 28.6 Å². The first-order valence-electron chi connectivity index (χ1n) is 8.49. The van der Waals surface area contributed by atoms with Crippen molar-refractivity contribution in [3.63, 3.8) is 0 Å². The molecule has 0 saturated carbocycles. The Morgan fingerprint density at radius 3 is 2.39 bits per heavy atom. The number of rotatable bonds is 5. The summed E-state index contributed by atoms with van der Waals surface area (Å²) in [7, 11) is 0. The molecular formula is C17H19ClN4O6. The first kappa shape index (κ1) is 20.0. The van der Waals surface area contributed by atoms with E-state index >= 15 is 0 Å². The molecule has 2 aromatic heterocycles. The quantitative estimate of drug-likeness (QED) is 0.421.